The van der Waals surface area contributed by atoms with Crippen LogP contribution in [0, 0.1) is 6.42 Å². The van der Waals surface area contributed by atoms with Gasteiger partial charge in [-0.15, -0.1) is 0 Å². The molecular formula is C18H17. The molecule has 2 aliphatic rings. The summed E-state index contributed by atoms with van der Waals surface area (Å²) in [5.74, 6) is 0. The number of fused-ring (bicyclic) bond motifs is 5. The quantitative estimate of drug-likeness (QED) is 0.500. The molecule has 2 aromatic rings. The molecule has 0 fully saturated rings. The van der Waals surface area contributed by atoms with Crippen LogP contribution in [0.3, 0.4) is 0 Å². The Morgan fingerprint density at radius 1 is 0.722 bits per heavy atom. The highest BCUT2D eigenvalue weighted by Gasteiger charge is 2.23. The van der Waals surface area contributed by atoms with Crippen molar-refractivity contribution in [3.8, 4) is 11.1 Å². The third kappa shape index (κ3) is 1.45. The second-order valence-electron chi connectivity index (χ2n) is 5.46. The van der Waals surface area contributed by atoms with Crippen LogP contribution in [-0.2, 0) is 12.8 Å². The molecule has 0 atom stereocenters. The summed E-state index contributed by atoms with van der Waals surface area (Å²) in [7, 11) is 0. The van der Waals surface area contributed by atoms with Crippen molar-refractivity contribution in [3.63, 3.8) is 0 Å². The fourth-order valence-electron chi connectivity index (χ4n) is 3.48. The summed E-state index contributed by atoms with van der Waals surface area (Å²) in [4.78, 5) is 0. The van der Waals surface area contributed by atoms with E-state index in [4.69, 9.17) is 0 Å². The van der Waals surface area contributed by atoms with Crippen LogP contribution in [0.2, 0.25) is 0 Å². The Morgan fingerprint density at radius 3 is 2.61 bits per heavy atom. The number of rotatable bonds is 0. The minimum absolute atomic E-state index is 1.26. The first kappa shape index (κ1) is 10.4. The van der Waals surface area contributed by atoms with E-state index in [1.807, 2.05) is 0 Å². The molecule has 0 amide bonds. The van der Waals surface area contributed by atoms with E-state index in [-0.39, 0.29) is 0 Å². The number of hydrogen-bond donors (Lipinski definition) is 0. The van der Waals surface area contributed by atoms with Gasteiger partial charge in [0.15, 0.2) is 0 Å². The molecule has 1 radical (unpaired) electrons. The highest BCUT2D eigenvalue weighted by molar-refractivity contribution is 5.84. The molecule has 0 saturated heterocycles. The fourth-order valence-corrected chi connectivity index (χ4v) is 3.48. The smallest absolute Gasteiger partial charge is 0.0212 e. The van der Waals surface area contributed by atoms with E-state index >= 15 is 0 Å². The van der Waals surface area contributed by atoms with Crippen LogP contribution in [-0.4, -0.2) is 0 Å². The highest BCUT2D eigenvalue weighted by atomic mass is 14.3. The van der Waals surface area contributed by atoms with Gasteiger partial charge in [0.05, 0.1) is 0 Å². The SMILES string of the molecule is [CH]1c2ccccc2-c2c1ccc1c2CCCCC1. The van der Waals surface area contributed by atoms with Gasteiger partial charge in [0.25, 0.3) is 0 Å². The Bertz CT molecular complexity index is 607. The average Bonchev–Trinajstić information content (AvgIpc) is 2.61. The summed E-state index contributed by atoms with van der Waals surface area (Å²) in [6.07, 6.45) is 8.97. The molecule has 2 aromatic carbocycles. The van der Waals surface area contributed by atoms with E-state index in [0.29, 0.717) is 0 Å². The van der Waals surface area contributed by atoms with Crippen LogP contribution in [0.1, 0.15) is 41.5 Å². The lowest BCUT2D eigenvalue weighted by atomic mass is 9.92. The van der Waals surface area contributed by atoms with Crippen LogP contribution in [0.25, 0.3) is 11.1 Å². The zero-order chi connectivity index (χ0) is 11.9. The minimum atomic E-state index is 1.26. The van der Waals surface area contributed by atoms with E-state index in [2.05, 4.69) is 42.8 Å². The fraction of sp³-hybridized carbons (Fsp3) is 0.278. The molecule has 4 rings (SSSR count). The average molecular weight is 233 g/mol. The van der Waals surface area contributed by atoms with Crippen molar-refractivity contribution < 1.29 is 0 Å². The van der Waals surface area contributed by atoms with E-state index in [9.17, 15) is 0 Å². The van der Waals surface area contributed by atoms with Crippen molar-refractivity contribution in [3.05, 3.63) is 65.1 Å². The summed E-state index contributed by atoms with van der Waals surface area (Å²) >= 11 is 0. The molecule has 89 valence electrons. The maximum absolute atomic E-state index is 2.36. The molecule has 0 heteroatoms. The molecule has 0 bridgehead atoms. The lowest BCUT2D eigenvalue weighted by Gasteiger charge is -2.12. The zero-order valence-corrected chi connectivity index (χ0v) is 10.6. The Hall–Kier alpha value is -1.56. The van der Waals surface area contributed by atoms with Gasteiger partial charge in [-0.1, -0.05) is 42.8 Å². The van der Waals surface area contributed by atoms with Crippen LogP contribution < -0.4 is 0 Å². The molecule has 0 aromatic heterocycles. The first-order valence-corrected chi connectivity index (χ1v) is 7.02. The molecule has 0 heterocycles. The second kappa shape index (κ2) is 3.98. The first-order valence-electron chi connectivity index (χ1n) is 7.02. The molecular weight excluding hydrogens is 216 g/mol. The van der Waals surface area contributed by atoms with Crippen LogP contribution in [0.4, 0.5) is 0 Å². The maximum Gasteiger partial charge on any atom is 0.0212 e. The van der Waals surface area contributed by atoms with E-state index < -0.39 is 0 Å². The zero-order valence-electron chi connectivity index (χ0n) is 10.6. The molecule has 0 nitrogen and oxygen atoms in total. The number of hydrogen-bond acceptors (Lipinski definition) is 0. The van der Waals surface area contributed by atoms with Gasteiger partial charge in [-0.25, -0.2) is 0 Å². The first-order chi connectivity index (χ1) is 8.93. The monoisotopic (exact) mass is 233 g/mol. The van der Waals surface area contributed by atoms with Crippen molar-refractivity contribution in [1.82, 2.24) is 0 Å². The van der Waals surface area contributed by atoms with Crippen LogP contribution in [0.15, 0.2) is 36.4 Å². The normalized spacial score (nSPS) is 16.7. The molecule has 0 spiro atoms. The Kier molecular flexibility index (Phi) is 2.29. The predicted octanol–water partition coefficient (Wildman–Crippen LogP) is 4.54. The third-order valence-corrected chi connectivity index (χ3v) is 4.36. The van der Waals surface area contributed by atoms with Gasteiger partial charge in [0.1, 0.15) is 0 Å². The Morgan fingerprint density at radius 2 is 1.61 bits per heavy atom. The van der Waals surface area contributed by atoms with Crippen molar-refractivity contribution in [2.24, 2.45) is 0 Å². The van der Waals surface area contributed by atoms with Gasteiger partial charge < -0.3 is 0 Å². The molecule has 18 heavy (non-hydrogen) atoms. The largest absolute Gasteiger partial charge is 0.0619 e. The van der Waals surface area contributed by atoms with E-state index in [0.717, 1.165) is 0 Å². The molecule has 0 N–H and O–H groups in total. The second-order valence-corrected chi connectivity index (χ2v) is 5.46. The van der Waals surface area contributed by atoms with Crippen molar-refractivity contribution in [1.29, 1.82) is 0 Å². The number of benzene rings is 2. The van der Waals surface area contributed by atoms with E-state index in [1.54, 1.807) is 11.1 Å². The lowest BCUT2D eigenvalue weighted by molar-refractivity contribution is 0.712. The maximum atomic E-state index is 2.36. The number of aryl methyl sites for hydroxylation is 1. The third-order valence-electron chi connectivity index (χ3n) is 4.36. The van der Waals surface area contributed by atoms with Gasteiger partial charge in [-0.2, -0.15) is 0 Å². The summed E-state index contributed by atoms with van der Waals surface area (Å²) in [6, 6.07) is 13.5. The summed E-state index contributed by atoms with van der Waals surface area (Å²) in [5.41, 5.74) is 9.03. The van der Waals surface area contributed by atoms with Gasteiger partial charge in [0, 0.05) is 6.42 Å². The van der Waals surface area contributed by atoms with Gasteiger partial charge in [-0.05, 0) is 59.1 Å². The molecule has 0 saturated carbocycles. The summed E-state index contributed by atoms with van der Waals surface area (Å²) in [5, 5.41) is 0. The Balaban J connectivity index is 1.97. The van der Waals surface area contributed by atoms with Crippen molar-refractivity contribution in [2.75, 3.05) is 0 Å². The van der Waals surface area contributed by atoms with Gasteiger partial charge in [-0.3, -0.25) is 0 Å². The molecule has 0 aliphatic heterocycles. The highest BCUT2D eigenvalue weighted by Crippen LogP contribution is 2.42. The Labute approximate surface area is 109 Å². The molecule has 0 unspecified atom stereocenters. The lowest BCUT2D eigenvalue weighted by Crippen LogP contribution is -1.95. The van der Waals surface area contributed by atoms with Crippen LogP contribution >= 0.6 is 0 Å². The van der Waals surface area contributed by atoms with Crippen molar-refractivity contribution in [2.45, 2.75) is 32.1 Å². The van der Waals surface area contributed by atoms with Gasteiger partial charge in [0.2, 0.25) is 0 Å². The molecule has 2 aliphatic carbocycles. The minimum Gasteiger partial charge on any atom is -0.0619 e. The predicted molar refractivity (Wildman–Crippen MR) is 75.6 cm³/mol. The summed E-state index contributed by atoms with van der Waals surface area (Å²) in [6.45, 7) is 0. The topological polar surface area (TPSA) is 0 Å². The van der Waals surface area contributed by atoms with Crippen LogP contribution in [0.5, 0.6) is 0 Å². The standard InChI is InChI=1S/C18H17/c1-2-6-13-10-11-15-12-14-7-4-5-9-17(14)18(15)16(13)8-3-1/h4-5,7,9-12H,1-3,6,8H2. The summed E-state index contributed by atoms with van der Waals surface area (Å²) < 4.78 is 0. The van der Waals surface area contributed by atoms with Gasteiger partial charge >= 0.3 is 0 Å². The van der Waals surface area contributed by atoms with Crippen molar-refractivity contribution >= 4 is 0 Å². The van der Waals surface area contributed by atoms with E-state index in [1.165, 1.54) is 54.4 Å².